The third-order valence-electron chi connectivity index (χ3n) is 6.11. The third-order valence-corrected chi connectivity index (χ3v) is 6.11. The largest absolute Gasteiger partial charge is 0.488 e. The number of hydrogen-bond acceptors (Lipinski definition) is 8. The predicted molar refractivity (Wildman–Crippen MR) is 135 cm³/mol. The molecule has 0 aliphatic carbocycles. The van der Waals surface area contributed by atoms with Gasteiger partial charge in [0.05, 0.1) is 25.6 Å². The summed E-state index contributed by atoms with van der Waals surface area (Å²) in [5, 5.41) is 26.2. The molecule has 13 nitrogen and oxygen atoms in total. The Morgan fingerprint density at radius 3 is 2.70 bits per heavy atom. The molecule has 0 saturated carbocycles. The summed E-state index contributed by atoms with van der Waals surface area (Å²) < 4.78 is 7.70. The highest BCUT2D eigenvalue weighted by molar-refractivity contribution is 5.91. The Balaban J connectivity index is 1.87. The van der Waals surface area contributed by atoms with Crippen molar-refractivity contribution in [3.63, 3.8) is 0 Å². The van der Waals surface area contributed by atoms with Crippen molar-refractivity contribution in [1.29, 1.82) is 0 Å². The molecule has 3 rings (SSSR count). The molecule has 13 heteroatoms. The first-order valence-corrected chi connectivity index (χ1v) is 12.3. The van der Waals surface area contributed by atoms with Crippen LogP contribution in [-0.4, -0.2) is 97.9 Å². The van der Waals surface area contributed by atoms with Crippen LogP contribution in [0, 0.1) is 5.92 Å². The molecule has 1 aromatic heterocycles. The van der Waals surface area contributed by atoms with Crippen molar-refractivity contribution in [2.75, 3.05) is 32.1 Å². The molecule has 1 aromatic carbocycles. The SMILES string of the molecule is CC(C)NC(=O)N(C)C[C@H]1Oc2ccc(NC(=O)Cn3cnnn3)cc2CC(=O)N([C@H](C)CO)C[C@@H]1C. The average Bonchev–Trinajstić information content (AvgIpc) is 3.35. The predicted octanol–water partition coefficient (Wildman–Crippen LogP) is 0.511. The van der Waals surface area contributed by atoms with E-state index in [0.29, 0.717) is 30.1 Å². The smallest absolute Gasteiger partial charge is 0.317 e. The van der Waals surface area contributed by atoms with Gasteiger partial charge in [0, 0.05) is 36.8 Å². The lowest BCUT2D eigenvalue weighted by Gasteiger charge is -2.34. The minimum atomic E-state index is -0.429. The summed E-state index contributed by atoms with van der Waals surface area (Å²) in [7, 11) is 1.70. The summed E-state index contributed by atoms with van der Waals surface area (Å²) in [5.74, 6) is -0.141. The van der Waals surface area contributed by atoms with Gasteiger partial charge < -0.3 is 30.3 Å². The quantitative estimate of drug-likeness (QED) is 0.458. The van der Waals surface area contributed by atoms with Crippen LogP contribution in [-0.2, 0) is 22.6 Å². The van der Waals surface area contributed by atoms with E-state index >= 15 is 0 Å². The zero-order valence-electron chi connectivity index (χ0n) is 21.9. The van der Waals surface area contributed by atoms with Crippen molar-refractivity contribution in [2.24, 2.45) is 5.92 Å². The Morgan fingerprint density at radius 2 is 2.05 bits per heavy atom. The molecule has 0 saturated heterocycles. The molecule has 0 fully saturated rings. The Bertz CT molecular complexity index is 1080. The van der Waals surface area contributed by atoms with Gasteiger partial charge in [-0.15, -0.1) is 5.10 Å². The third kappa shape index (κ3) is 7.62. The highest BCUT2D eigenvalue weighted by atomic mass is 16.5. The Hall–Kier alpha value is -3.74. The van der Waals surface area contributed by atoms with E-state index in [-0.39, 0.29) is 49.4 Å². The number of carbonyl (C=O) groups is 3. The van der Waals surface area contributed by atoms with Crippen LogP contribution >= 0.6 is 0 Å². The summed E-state index contributed by atoms with van der Waals surface area (Å²) in [6, 6.07) is 4.50. The molecular weight excluding hydrogens is 480 g/mol. The molecule has 3 N–H and O–H groups in total. The van der Waals surface area contributed by atoms with E-state index in [1.54, 1.807) is 42.0 Å². The van der Waals surface area contributed by atoms with Gasteiger partial charge >= 0.3 is 6.03 Å². The topological polar surface area (TPSA) is 155 Å². The van der Waals surface area contributed by atoms with Gasteiger partial charge in [0.15, 0.2) is 0 Å². The molecule has 3 atom stereocenters. The van der Waals surface area contributed by atoms with Crippen LogP contribution in [0.1, 0.15) is 33.3 Å². The van der Waals surface area contributed by atoms with Gasteiger partial charge in [0.1, 0.15) is 24.7 Å². The fourth-order valence-corrected chi connectivity index (χ4v) is 4.04. The highest BCUT2D eigenvalue weighted by Gasteiger charge is 2.32. The maximum atomic E-state index is 13.3. The number of hydrogen-bond donors (Lipinski definition) is 3. The van der Waals surface area contributed by atoms with Crippen molar-refractivity contribution in [2.45, 2.75) is 58.8 Å². The van der Waals surface area contributed by atoms with Crippen LogP contribution in [0.4, 0.5) is 10.5 Å². The summed E-state index contributed by atoms with van der Waals surface area (Å²) in [6.45, 7) is 7.93. The lowest BCUT2D eigenvalue weighted by molar-refractivity contribution is -0.134. The van der Waals surface area contributed by atoms with Crippen molar-refractivity contribution in [1.82, 2.24) is 35.3 Å². The van der Waals surface area contributed by atoms with Crippen molar-refractivity contribution < 1.29 is 24.2 Å². The van der Waals surface area contributed by atoms with Gasteiger partial charge in [0.2, 0.25) is 11.8 Å². The molecule has 4 amide bonds. The molecule has 0 bridgehead atoms. The van der Waals surface area contributed by atoms with E-state index in [4.69, 9.17) is 4.74 Å². The fraction of sp³-hybridized carbons (Fsp3) is 0.583. The zero-order chi connectivity index (χ0) is 27.1. The summed E-state index contributed by atoms with van der Waals surface area (Å²) >= 11 is 0. The van der Waals surface area contributed by atoms with E-state index in [1.165, 1.54) is 11.0 Å². The second-order valence-corrected chi connectivity index (χ2v) is 9.75. The van der Waals surface area contributed by atoms with E-state index < -0.39 is 12.1 Å². The number of rotatable bonds is 8. The average molecular weight is 517 g/mol. The van der Waals surface area contributed by atoms with Crippen LogP contribution in [0.15, 0.2) is 24.5 Å². The number of amides is 4. The number of aliphatic hydroxyl groups excluding tert-OH is 1. The fourth-order valence-electron chi connectivity index (χ4n) is 4.04. The second kappa shape index (κ2) is 12.5. The molecule has 2 aromatic rings. The number of aromatic nitrogens is 4. The number of fused-ring (bicyclic) bond motifs is 1. The van der Waals surface area contributed by atoms with Crippen molar-refractivity contribution in [3.05, 3.63) is 30.1 Å². The number of likely N-dealkylation sites (N-methyl/N-ethyl adjacent to an activating group) is 1. The minimum Gasteiger partial charge on any atom is -0.488 e. The number of nitrogens with zero attached hydrogens (tertiary/aromatic N) is 6. The van der Waals surface area contributed by atoms with Crippen LogP contribution in [0.3, 0.4) is 0 Å². The summed E-state index contributed by atoms with van der Waals surface area (Å²) in [5.41, 5.74) is 1.08. The molecule has 0 unspecified atom stereocenters. The number of tetrazole rings is 1. The monoisotopic (exact) mass is 516 g/mol. The van der Waals surface area contributed by atoms with E-state index in [2.05, 4.69) is 26.2 Å². The first-order chi connectivity index (χ1) is 17.6. The number of ether oxygens (including phenoxy) is 1. The van der Waals surface area contributed by atoms with Gasteiger partial charge in [-0.2, -0.15) is 0 Å². The van der Waals surface area contributed by atoms with Gasteiger partial charge in [0.25, 0.3) is 0 Å². The van der Waals surface area contributed by atoms with Gasteiger partial charge in [-0.3, -0.25) is 9.59 Å². The first kappa shape index (κ1) is 27.8. The molecule has 2 heterocycles. The lowest BCUT2D eigenvalue weighted by Crippen LogP contribution is -2.49. The Kier molecular flexibility index (Phi) is 9.39. The van der Waals surface area contributed by atoms with Crippen LogP contribution in [0.5, 0.6) is 5.75 Å². The number of aliphatic hydroxyl groups is 1. The van der Waals surface area contributed by atoms with E-state index in [0.717, 1.165) is 0 Å². The first-order valence-electron chi connectivity index (χ1n) is 12.3. The number of nitrogens with one attached hydrogen (secondary N) is 2. The molecule has 1 aliphatic rings. The van der Waals surface area contributed by atoms with E-state index in [1.807, 2.05) is 20.8 Å². The standard InChI is InChI=1S/C24H36N8O5/c1-15(2)26-24(36)30(5)11-21-16(3)10-32(17(4)13-33)23(35)9-18-8-19(6-7-20(18)37-21)27-22(34)12-31-14-25-28-29-31/h6-8,14-17,21,33H,9-13H2,1-5H3,(H,26,36)(H,27,34)/t16-,17+,21+/m0/s1. The number of carbonyl (C=O) groups excluding carboxylic acids is 3. The maximum Gasteiger partial charge on any atom is 0.317 e. The molecule has 0 radical (unpaired) electrons. The van der Waals surface area contributed by atoms with Gasteiger partial charge in [-0.1, -0.05) is 6.92 Å². The molecule has 1 aliphatic heterocycles. The second-order valence-electron chi connectivity index (χ2n) is 9.75. The van der Waals surface area contributed by atoms with Crippen molar-refractivity contribution >= 4 is 23.5 Å². The van der Waals surface area contributed by atoms with Crippen LogP contribution in [0.2, 0.25) is 0 Å². The minimum absolute atomic E-state index is 0.0116. The molecule has 202 valence electrons. The van der Waals surface area contributed by atoms with Crippen LogP contribution in [0.25, 0.3) is 0 Å². The Morgan fingerprint density at radius 1 is 1.30 bits per heavy atom. The number of anilines is 1. The van der Waals surface area contributed by atoms with Gasteiger partial charge in [-0.25, -0.2) is 9.48 Å². The molecule has 0 spiro atoms. The zero-order valence-corrected chi connectivity index (χ0v) is 21.9. The molecular formula is C24H36N8O5. The van der Waals surface area contributed by atoms with E-state index in [9.17, 15) is 19.5 Å². The summed E-state index contributed by atoms with van der Waals surface area (Å²) in [6.07, 6.45) is 0.938. The molecule has 37 heavy (non-hydrogen) atoms. The highest BCUT2D eigenvalue weighted by Crippen LogP contribution is 2.29. The maximum absolute atomic E-state index is 13.3. The van der Waals surface area contributed by atoms with Gasteiger partial charge in [-0.05, 0) is 49.4 Å². The Labute approximate surface area is 216 Å². The number of benzene rings is 1. The normalized spacial score (nSPS) is 18.7. The van der Waals surface area contributed by atoms with Crippen LogP contribution < -0.4 is 15.4 Å². The van der Waals surface area contributed by atoms with Crippen molar-refractivity contribution in [3.8, 4) is 5.75 Å². The number of urea groups is 1. The lowest BCUT2D eigenvalue weighted by atomic mass is 10.0. The summed E-state index contributed by atoms with van der Waals surface area (Å²) in [4.78, 5) is 41.5.